The summed E-state index contributed by atoms with van der Waals surface area (Å²) in [4.78, 5) is 40.2. The molecular weight excluding hydrogens is 318 g/mol. The molecule has 1 aromatic carbocycles. The number of amides is 4. The zero-order chi connectivity index (χ0) is 18.0. The molecule has 2 fully saturated rings. The predicted octanol–water partition coefficient (Wildman–Crippen LogP) is 2.21. The fourth-order valence-corrected chi connectivity index (χ4v) is 3.89. The van der Waals surface area contributed by atoms with Gasteiger partial charge < -0.3 is 10.2 Å². The van der Waals surface area contributed by atoms with E-state index in [1.54, 1.807) is 11.9 Å². The van der Waals surface area contributed by atoms with Crippen LogP contribution < -0.4 is 5.32 Å². The molecular formula is C19H25N3O3. The Kier molecular flexibility index (Phi) is 4.79. The van der Waals surface area contributed by atoms with Crippen molar-refractivity contribution in [1.82, 2.24) is 15.1 Å². The van der Waals surface area contributed by atoms with E-state index in [2.05, 4.69) is 5.32 Å². The minimum absolute atomic E-state index is 0.213. The quantitative estimate of drug-likeness (QED) is 0.852. The zero-order valence-corrected chi connectivity index (χ0v) is 14.9. The first-order valence-electron chi connectivity index (χ1n) is 8.86. The molecule has 6 heteroatoms. The van der Waals surface area contributed by atoms with Gasteiger partial charge in [-0.05, 0) is 25.3 Å². The van der Waals surface area contributed by atoms with Crippen LogP contribution in [0.15, 0.2) is 24.3 Å². The minimum atomic E-state index is -0.730. The molecule has 6 nitrogen and oxygen atoms in total. The SMILES string of the molecule is Cc1cccc(CNC(=O)CN2C(=O)N(C)C3(CCCCC3)C2=O)c1. The normalized spacial score (nSPS) is 19.6. The van der Waals surface area contributed by atoms with E-state index in [1.165, 1.54) is 0 Å². The third-order valence-electron chi connectivity index (χ3n) is 5.36. The fraction of sp³-hybridized carbons (Fsp3) is 0.526. The number of aryl methyl sites for hydroxylation is 1. The fourth-order valence-electron chi connectivity index (χ4n) is 3.89. The lowest BCUT2D eigenvalue weighted by Crippen LogP contribution is -2.49. The maximum atomic E-state index is 12.8. The Hall–Kier alpha value is -2.37. The van der Waals surface area contributed by atoms with Gasteiger partial charge in [0.25, 0.3) is 5.91 Å². The van der Waals surface area contributed by atoms with Gasteiger partial charge in [-0.3, -0.25) is 14.5 Å². The van der Waals surface area contributed by atoms with Gasteiger partial charge in [0, 0.05) is 13.6 Å². The lowest BCUT2D eigenvalue weighted by Gasteiger charge is -2.35. The number of hydrogen-bond acceptors (Lipinski definition) is 3. The van der Waals surface area contributed by atoms with Crippen molar-refractivity contribution in [3.63, 3.8) is 0 Å². The van der Waals surface area contributed by atoms with Gasteiger partial charge in [0.2, 0.25) is 5.91 Å². The maximum Gasteiger partial charge on any atom is 0.327 e. The molecule has 4 amide bonds. The number of imide groups is 1. The summed E-state index contributed by atoms with van der Waals surface area (Å²) in [6.45, 7) is 2.17. The van der Waals surface area contributed by atoms with Gasteiger partial charge in [-0.2, -0.15) is 0 Å². The standard InChI is InChI=1S/C19H25N3O3/c1-14-7-6-8-15(11-14)12-20-16(23)13-22-17(24)19(21(2)18(22)25)9-4-3-5-10-19/h6-8,11H,3-5,9-10,12-13H2,1-2H3,(H,20,23). The lowest BCUT2D eigenvalue weighted by atomic mass is 9.81. The number of nitrogens with one attached hydrogen (secondary N) is 1. The first-order chi connectivity index (χ1) is 11.9. The number of likely N-dealkylation sites (N-methyl/N-ethyl adjacent to an activating group) is 1. The number of carbonyl (C=O) groups excluding carboxylic acids is 3. The number of urea groups is 1. The second-order valence-corrected chi connectivity index (χ2v) is 7.09. The molecule has 0 unspecified atom stereocenters. The minimum Gasteiger partial charge on any atom is -0.350 e. The van der Waals surface area contributed by atoms with E-state index >= 15 is 0 Å². The summed E-state index contributed by atoms with van der Waals surface area (Å²) in [5.41, 5.74) is 1.39. The molecule has 2 aliphatic rings. The van der Waals surface area contributed by atoms with Crippen LogP contribution in [0.5, 0.6) is 0 Å². The molecule has 1 heterocycles. The summed E-state index contributed by atoms with van der Waals surface area (Å²) >= 11 is 0. The van der Waals surface area contributed by atoms with E-state index in [0.717, 1.165) is 35.3 Å². The Labute approximate surface area is 148 Å². The summed E-state index contributed by atoms with van der Waals surface area (Å²) in [6, 6.07) is 7.50. The summed E-state index contributed by atoms with van der Waals surface area (Å²) in [5, 5.41) is 2.80. The first-order valence-corrected chi connectivity index (χ1v) is 8.86. The molecule has 1 aliphatic carbocycles. The third kappa shape index (κ3) is 3.25. The topological polar surface area (TPSA) is 69.7 Å². The summed E-state index contributed by atoms with van der Waals surface area (Å²) in [5.74, 6) is -0.533. The van der Waals surface area contributed by atoms with Crippen molar-refractivity contribution in [2.45, 2.75) is 51.1 Å². The highest BCUT2D eigenvalue weighted by molar-refractivity contribution is 6.08. The molecule has 0 bridgehead atoms. The van der Waals surface area contributed by atoms with Gasteiger partial charge in [-0.15, -0.1) is 0 Å². The molecule has 0 atom stereocenters. The molecule has 1 aromatic rings. The number of carbonyl (C=O) groups is 3. The largest absolute Gasteiger partial charge is 0.350 e. The Balaban J connectivity index is 1.63. The van der Waals surface area contributed by atoms with Gasteiger partial charge >= 0.3 is 6.03 Å². The average Bonchev–Trinajstić information content (AvgIpc) is 2.77. The molecule has 3 rings (SSSR count). The monoisotopic (exact) mass is 343 g/mol. The summed E-state index contributed by atoms with van der Waals surface area (Å²) in [6.07, 6.45) is 4.35. The van der Waals surface area contributed by atoms with Crippen molar-refractivity contribution in [3.05, 3.63) is 35.4 Å². The smallest absolute Gasteiger partial charge is 0.327 e. The van der Waals surface area contributed by atoms with Crippen molar-refractivity contribution < 1.29 is 14.4 Å². The van der Waals surface area contributed by atoms with Crippen LogP contribution in [0.25, 0.3) is 0 Å². The van der Waals surface area contributed by atoms with Crippen LogP contribution in [0.1, 0.15) is 43.2 Å². The Morgan fingerprint density at radius 1 is 1.20 bits per heavy atom. The van der Waals surface area contributed by atoms with E-state index < -0.39 is 5.54 Å². The van der Waals surface area contributed by atoms with Crippen LogP contribution >= 0.6 is 0 Å². The highest BCUT2D eigenvalue weighted by Gasteiger charge is 2.55. The molecule has 0 radical (unpaired) electrons. The number of hydrogen-bond donors (Lipinski definition) is 1. The van der Waals surface area contributed by atoms with Gasteiger partial charge in [0.1, 0.15) is 12.1 Å². The maximum absolute atomic E-state index is 12.8. The third-order valence-corrected chi connectivity index (χ3v) is 5.36. The number of nitrogens with zero attached hydrogens (tertiary/aromatic N) is 2. The summed E-state index contributed by atoms with van der Waals surface area (Å²) < 4.78 is 0. The average molecular weight is 343 g/mol. The van der Waals surface area contributed by atoms with E-state index in [9.17, 15) is 14.4 Å². The van der Waals surface area contributed by atoms with Gasteiger partial charge in [-0.1, -0.05) is 49.1 Å². The van der Waals surface area contributed by atoms with Crippen LogP contribution in [0.2, 0.25) is 0 Å². The Bertz CT molecular complexity index is 695. The molecule has 1 spiro atoms. The van der Waals surface area contributed by atoms with Crippen molar-refractivity contribution in [2.75, 3.05) is 13.6 Å². The highest BCUT2D eigenvalue weighted by atomic mass is 16.2. The molecule has 0 aromatic heterocycles. The number of rotatable bonds is 4. The van der Waals surface area contributed by atoms with Gasteiger partial charge in [0.05, 0.1) is 0 Å². The van der Waals surface area contributed by atoms with Crippen LogP contribution in [-0.4, -0.2) is 46.8 Å². The van der Waals surface area contributed by atoms with Crippen molar-refractivity contribution in [1.29, 1.82) is 0 Å². The molecule has 25 heavy (non-hydrogen) atoms. The molecule has 1 saturated heterocycles. The molecule has 1 N–H and O–H groups in total. The van der Waals surface area contributed by atoms with Gasteiger partial charge in [0.15, 0.2) is 0 Å². The molecule has 1 aliphatic heterocycles. The van der Waals surface area contributed by atoms with Crippen molar-refractivity contribution >= 4 is 17.8 Å². The van der Waals surface area contributed by atoms with Crippen LogP contribution in [0.4, 0.5) is 4.79 Å². The zero-order valence-electron chi connectivity index (χ0n) is 14.9. The van der Waals surface area contributed by atoms with Crippen LogP contribution in [-0.2, 0) is 16.1 Å². The number of benzene rings is 1. The van der Waals surface area contributed by atoms with Crippen LogP contribution in [0, 0.1) is 6.92 Å². The van der Waals surface area contributed by atoms with Gasteiger partial charge in [-0.25, -0.2) is 4.79 Å². The lowest BCUT2D eigenvalue weighted by molar-refractivity contribution is -0.137. The van der Waals surface area contributed by atoms with E-state index in [0.29, 0.717) is 19.4 Å². The first kappa shape index (κ1) is 17.5. The Morgan fingerprint density at radius 2 is 1.92 bits per heavy atom. The predicted molar refractivity (Wildman–Crippen MR) is 93.7 cm³/mol. The Morgan fingerprint density at radius 3 is 2.60 bits per heavy atom. The van der Waals surface area contributed by atoms with Crippen LogP contribution in [0.3, 0.4) is 0 Å². The second kappa shape index (κ2) is 6.86. The van der Waals surface area contributed by atoms with Crippen molar-refractivity contribution in [3.8, 4) is 0 Å². The van der Waals surface area contributed by atoms with E-state index in [1.807, 2.05) is 31.2 Å². The highest BCUT2D eigenvalue weighted by Crippen LogP contribution is 2.39. The second-order valence-electron chi connectivity index (χ2n) is 7.09. The van der Waals surface area contributed by atoms with Crippen molar-refractivity contribution in [2.24, 2.45) is 0 Å². The summed E-state index contributed by atoms with van der Waals surface area (Å²) in [7, 11) is 1.68. The molecule has 134 valence electrons. The molecule has 1 saturated carbocycles. The van der Waals surface area contributed by atoms with E-state index in [-0.39, 0.29) is 24.4 Å². The van der Waals surface area contributed by atoms with E-state index in [4.69, 9.17) is 0 Å².